The maximum atomic E-state index is 5.65. The topological polar surface area (TPSA) is 49.9 Å². The van der Waals surface area contributed by atoms with Gasteiger partial charge in [0.05, 0.1) is 25.0 Å². The molecule has 0 bridgehead atoms. The first kappa shape index (κ1) is 14.6. The number of nitrogens with one attached hydrogen (secondary N) is 2. The van der Waals surface area contributed by atoms with Crippen LogP contribution in [0, 0.1) is 0 Å². The minimum Gasteiger partial charge on any atom is -0.493 e. The molecular formula is C16H23N3O. The van der Waals surface area contributed by atoms with Gasteiger partial charge in [0.2, 0.25) is 0 Å². The van der Waals surface area contributed by atoms with Crippen LogP contribution in [0.4, 0.5) is 0 Å². The average molecular weight is 273 g/mol. The Hall–Kier alpha value is -1.81. The van der Waals surface area contributed by atoms with Crippen molar-refractivity contribution in [2.24, 2.45) is 0 Å². The Morgan fingerprint density at radius 3 is 2.70 bits per heavy atom. The van der Waals surface area contributed by atoms with E-state index < -0.39 is 0 Å². The van der Waals surface area contributed by atoms with Crippen molar-refractivity contribution in [3.63, 3.8) is 0 Å². The van der Waals surface area contributed by atoms with Gasteiger partial charge in [0.1, 0.15) is 11.6 Å². The van der Waals surface area contributed by atoms with Gasteiger partial charge in [-0.15, -0.1) is 0 Å². The van der Waals surface area contributed by atoms with Gasteiger partial charge >= 0.3 is 0 Å². The monoisotopic (exact) mass is 273 g/mol. The number of H-pyrrole nitrogens is 1. The van der Waals surface area contributed by atoms with Gasteiger partial charge in [-0.2, -0.15) is 0 Å². The second-order valence-electron chi connectivity index (χ2n) is 5.78. The summed E-state index contributed by atoms with van der Waals surface area (Å²) in [5.74, 6) is 1.82. The lowest BCUT2D eigenvalue weighted by Gasteiger charge is -2.19. The number of rotatable bonds is 5. The molecular weight excluding hydrogens is 250 g/mol. The van der Waals surface area contributed by atoms with Gasteiger partial charge in [0.25, 0.3) is 0 Å². The third-order valence-corrected chi connectivity index (χ3v) is 2.89. The molecule has 1 heterocycles. The molecule has 0 amide bonds. The van der Waals surface area contributed by atoms with Crippen molar-refractivity contribution in [1.82, 2.24) is 15.3 Å². The second kappa shape index (κ2) is 6.09. The van der Waals surface area contributed by atoms with Gasteiger partial charge in [0, 0.05) is 11.1 Å². The minimum absolute atomic E-state index is 0.0795. The van der Waals surface area contributed by atoms with E-state index in [0.717, 1.165) is 29.4 Å². The van der Waals surface area contributed by atoms with E-state index in [-0.39, 0.29) is 5.54 Å². The number of hydrogen-bond acceptors (Lipinski definition) is 3. The van der Waals surface area contributed by atoms with Crippen LogP contribution in [-0.4, -0.2) is 22.1 Å². The molecule has 0 aliphatic heterocycles. The van der Waals surface area contributed by atoms with Crippen molar-refractivity contribution >= 4 is 0 Å². The van der Waals surface area contributed by atoms with E-state index in [0.29, 0.717) is 6.61 Å². The van der Waals surface area contributed by atoms with E-state index in [1.165, 1.54) is 0 Å². The van der Waals surface area contributed by atoms with Gasteiger partial charge in [-0.05, 0) is 39.8 Å². The van der Waals surface area contributed by atoms with E-state index >= 15 is 0 Å². The van der Waals surface area contributed by atoms with Crippen molar-refractivity contribution in [2.75, 3.05) is 6.61 Å². The molecule has 0 fully saturated rings. The van der Waals surface area contributed by atoms with Crippen LogP contribution in [0.15, 0.2) is 30.5 Å². The highest BCUT2D eigenvalue weighted by molar-refractivity contribution is 5.66. The smallest absolute Gasteiger partial charge is 0.128 e. The molecule has 2 N–H and O–H groups in total. The van der Waals surface area contributed by atoms with Crippen LogP contribution in [0.5, 0.6) is 5.75 Å². The summed E-state index contributed by atoms with van der Waals surface area (Å²) in [7, 11) is 0. The number of imidazole rings is 1. The molecule has 0 unspecified atom stereocenters. The number of aromatic nitrogens is 2. The van der Waals surface area contributed by atoms with Crippen LogP contribution in [0.3, 0.4) is 0 Å². The first-order valence-corrected chi connectivity index (χ1v) is 7.00. The lowest BCUT2D eigenvalue weighted by Crippen LogP contribution is -2.35. The molecule has 2 rings (SSSR count). The molecule has 0 spiro atoms. The predicted octanol–water partition coefficient (Wildman–Crippen LogP) is 3.36. The van der Waals surface area contributed by atoms with Gasteiger partial charge < -0.3 is 15.0 Å². The molecule has 0 aliphatic carbocycles. The number of hydrogen-bond donors (Lipinski definition) is 2. The largest absolute Gasteiger partial charge is 0.493 e. The molecule has 0 atom stereocenters. The lowest BCUT2D eigenvalue weighted by atomic mass is 10.1. The Morgan fingerprint density at radius 1 is 1.25 bits per heavy atom. The third-order valence-electron chi connectivity index (χ3n) is 2.89. The van der Waals surface area contributed by atoms with Crippen molar-refractivity contribution in [3.8, 4) is 17.0 Å². The first-order chi connectivity index (χ1) is 9.49. The summed E-state index contributed by atoms with van der Waals surface area (Å²) in [6, 6.07) is 8.00. The molecule has 0 aliphatic rings. The van der Waals surface area contributed by atoms with E-state index in [9.17, 15) is 0 Å². The zero-order valence-electron chi connectivity index (χ0n) is 12.7. The maximum absolute atomic E-state index is 5.65. The lowest BCUT2D eigenvalue weighted by molar-refractivity contribution is 0.341. The number of benzene rings is 1. The number of ether oxygens (including phenoxy) is 1. The molecule has 108 valence electrons. The van der Waals surface area contributed by atoms with Crippen LogP contribution < -0.4 is 10.1 Å². The zero-order valence-corrected chi connectivity index (χ0v) is 12.7. The summed E-state index contributed by atoms with van der Waals surface area (Å²) >= 11 is 0. The molecule has 4 heteroatoms. The second-order valence-corrected chi connectivity index (χ2v) is 5.78. The Balaban J connectivity index is 2.16. The van der Waals surface area contributed by atoms with E-state index in [4.69, 9.17) is 4.74 Å². The van der Waals surface area contributed by atoms with Crippen LogP contribution >= 0.6 is 0 Å². The first-order valence-electron chi connectivity index (χ1n) is 7.00. The SMILES string of the molecule is CCOc1ccccc1-c1cnc(CNC(C)(C)C)[nH]1. The van der Waals surface area contributed by atoms with Crippen LogP contribution in [0.25, 0.3) is 11.3 Å². The molecule has 4 nitrogen and oxygen atoms in total. The van der Waals surface area contributed by atoms with Gasteiger partial charge in [-0.1, -0.05) is 12.1 Å². The van der Waals surface area contributed by atoms with Crippen molar-refractivity contribution in [3.05, 3.63) is 36.3 Å². The normalized spacial score (nSPS) is 11.6. The molecule has 20 heavy (non-hydrogen) atoms. The molecule has 0 saturated heterocycles. The molecule has 1 aromatic heterocycles. The summed E-state index contributed by atoms with van der Waals surface area (Å²) < 4.78 is 5.65. The van der Waals surface area contributed by atoms with Gasteiger partial charge in [0.15, 0.2) is 0 Å². The minimum atomic E-state index is 0.0795. The maximum Gasteiger partial charge on any atom is 0.128 e. The molecule has 0 saturated carbocycles. The summed E-state index contributed by atoms with van der Waals surface area (Å²) in [6.07, 6.45) is 1.86. The van der Waals surface area contributed by atoms with E-state index in [1.54, 1.807) is 0 Å². The van der Waals surface area contributed by atoms with Crippen molar-refractivity contribution in [1.29, 1.82) is 0 Å². The van der Waals surface area contributed by atoms with E-state index in [1.807, 2.05) is 37.4 Å². The van der Waals surface area contributed by atoms with Crippen LogP contribution in [0.1, 0.15) is 33.5 Å². The Bertz CT molecular complexity index is 555. The van der Waals surface area contributed by atoms with E-state index in [2.05, 4.69) is 36.1 Å². The number of nitrogens with zero attached hydrogens (tertiary/aromatic N) is 1. The Kier molecular flexibility index (Phi) is 4.45. The summed E-state index contributed by atoms with van der Waals surface area (Å²) in [4.78, 5) is 7.77. The van der Waals surface area contributed by atoms with Crippen molar-refractivity contribution in [2.45, 2.75) is 39.8 Å². The van der Waals surface area contributed by atoms with Crippen LogP contribution in [0.2, 0.25) is 0 Å². The van der Waals surface area contributed by atoms with Gasteiger partial charge in [-0.25, -0.2) is 4.98 Å². The summed E-state index contributed by atoms with van der Waals surface area (Å²) in [5, 5.41) is 3.42. The zero-order chi connectivity index (χ0) is 14.6. The highest BCUT2D eigenvalue weighted by Crippen LogP contribution is 2.28. The quantitative estimate of drug-likeness (QED) is 0.878. The number of aromatic amines is 1. The standard InChI is InChI=1S/C16H23N3O/c1-5-20-14-9-7-6-8-12(14)13-10-17-15(19-13)11-18-16(2,3)4/h6-10,18H,5,11H2,1-4H3,(H,17,19). The molecule has 1 aromatic carbocycles. The highest BCUT2D eigenvalue weighted by atomic mass is 16.5. The Morgan fingerprint density at radius 2 is 2.00 bits per heavy atom. The average Bonchev–Trinajstić information content (AvgIpc) is 2.85. The van der Waals surface area contributed by atoms with Crippen LogP contribution in [-0.2, 0) is 6.54 Å². The Labute approximate surface area is 120 Å². The highest BCUT2D eigenvalue weighted by Gasteiger charge is 2.12. The molecule has 2 aromatic rings. The fourth-order valence-corrected chi connectivity index (χ4v) is 1.91. The molecule has 0 radical (unpaired) electrons. The van der Waals surface area contributed by atoms with Gasteiger partial charge in [-0.3, -0.25) is 0 Å². The van der Waals surface area contributed by atoms with Crippen molar-refractivity contribution < 1.29 is 4.74 Å². The third kappa shape index (κ3) is 3.84. The fraction of sp³-hybridized carbons (Fsp3) is 0.438. The summed E-state index contributed by atoms with van der Waals surface area (Å²) in [5.41, 5.74) is 2.11. The fourth-order valence-electron chi connectivity index (χ4n) is 1.91. The predicted molar refractivity (Wildman–Crippen MR) is 81.8 cm³/mol. The summed E-state index contributed by atoms with van der Waals surface area (Å²) in [6.45, 7) is 9.79. The number of para-hydroxylation sites is 1.